The van der Waals surface area contributed by atoms with Gasteiger partial charge in [0, 0.05) is 6.42 Å². The monoisotopic (exact) mass is 352 g/mol. The number of nitrogens with one attached hydrogen (secondary N) is 2. The summed E-state index contributed by atoms with van der Waals surface area (Å²) in [4.78, 5) is 12.5. The molecule has 136 valence electrons. The molecule has 0 radical (unpaired) electrons. The summed E-state index contributed by atoms with van der Waals surface area (Å²) in [6, 6.07) is 8.43. The number of carbonyl (C=O) groups excluding carboxylic acids is 1. The molecule has 2 N–H and O–H groups in total. The predicted molar refractivity (Wildman–Crippen MR) is 104 cm³/mol. The second-order valence-electron chi connectivity index (χ2n) is 7.96. The summed E-state index contributed by atoms with van der Waals surface area (Å²) >= 11 is 0. The molecule has 1 saturated heterocycles. The van der Waals surface area contributed by atoms with Crippen molar-refractivity contribution in [1.82, 2.24) is 10.6 Å². The van der Waals surface area contributed by atoms with Crippen LogP contribution in [0.25, 0.3) is 0 Å². The van der Waals surface area contributed by atoms with Crippen molar-refractivity contribution < 1.29 is 4.79 Å². The van der Waals surface area contributed by atoms with E-state index in [9.17, 15) is 4.79 Å². The molecule has 0 bridgehead atoms. The summed E-state index contributed by atoms with van der Waals surface area (Å²) in [5, 5.41) is 6.68. The molecule has 1 heterocycles. The van der Waals surface area contributed by atoms with Gasteiger partial charge in [0.1, 0.15) is 0 Å². The third-order valence-corrected chi connectivity index (χ3v) is 4.91. The molecule has 1 aromatic carbocycles. The van der Waals surface area contributed by atoms with Gasteiger partial charge in [-0.05, 0) is 61.7 Å². The molecule has 1 atom stereocenters. The Bertz CT molecular complexity index is 519. The van der Waals surface area contributed by atoms with Gasteiger partial charge in [-0.1, -0.05) is 45.0 Å². The number of amides is 1. The van der Waals surface area contributed by atoms with Crippen molar-refractivity contribution in [1.29, 1.82) is 0 Å². The topological polar surface area (TPSA) is 41.1 Å². The molecule has 1 aliphatic rings. The summed E-state index contributed by atoms with van der Waals surface area (Å²) < 4.78 is 0. The van der Waals surface area contributed by atoms with Crippen LogP contribution in [0.4, 0.5) is 0 Å². The Labute approximate surface area is 153 Å². The smallest absolute Gasteiger partial charge is 0.220 e. The maximum absolute atomic E-state index is 12.5. The van der Waals surface area contributed by atoms with Gasteiger partial charge in [-0.25, -0.2) is 0 Å². The number of hydrogen-bond acceptors (Lipinski definition) is 2. The zero-order valence-electron chi connectivity index (χ0n) is 15.5. The first kappa shape index (κ1) is 21.0. The normalized spacial score (nSPS) is 17.0. The second kappa shape index (κ2) is 9.43. The number of benzene rings is 1. The van der Waals surface area contributed by atoms with E-state index < -0.39 is 0 Å². The zero-order chi connectivity index (χ0) is 16.9. The Hall–Kier alpha value is -1.06. The fourth-order valence-corrected chi connectivity index (χ4v) is 3.41. The lowest BCUT2D eigenvalue weighted by molar-refractivity contribution is -0.123. The van der Waals surface area contributed by atoms with Crippen molar-refractivity contribution in [2.75, 3.05) is 13.1 Å². The minimum absolute atomic E-state index is 0. The number of piperidine rings is 1. The largest absolute Gasteiger partial charge is 0.349 e. The van der Waals surface area contributed by atoms with Crippen LogP contribution in [0.2, 0.25) is 0 Å². The summed E-state index contributed by atoms with van der Waals surface area (Å²) in [6.07, 6.45) is 4.06. The summed E-state index contributed by atoms with van der Waals surface area (Å²) in [7, 11) is 0. The molecule has 0 spiro atoms. The van der Waals surface area contributed by atoms with Crippen molar-refractivity contribution in [2.24, 2.45) is 11.3 Å². The number of hydrogen-bond donors (Lipinski definition) is 2. The van der Waals surface area contributed by atoms with Crippen molar-refractivity contribution >= 4 is 18.3 Å². The van der Waals surface area contributed by atoms with Gasteiger partial charge in [0.2, 0.25) is 5.91 Å². The Morgan fingerprint density at radius 3 is 2.46 bits per heavy atom. The fourth-order valence-electron chi connectivity index (χ4n) is 3.41. The Morgan fingerprint density at radius 2 is 1.88 bits per heavy atom. The molecule has 0 saturated carbocycles. The summed E-state index contributed by atoms with van der Waals surface area (Å²) in [5.74, 6) is 0.889. The highest BCUT2D eigenvalue weighted by Gasteiger charge is 2.29. The maximum Gasteiger partial charge on any atom is 0.220 e. The first-order valence-corrected chi connectivity index (χ1v) is 8.93. The molecule has 1 aliphatic heterocycles. The Morgan fingerprint density at radius 1 is 1.25 bits per heavy atom. The van der Waals surface area contributed by atoms with Crippen LogP contribution in [0.5, 0.6) is 0 Å². The van der Waals surface area contributed by atoms with Gasteiger partial charge in [0.05, 0.1) is 6.04 Å². The van der Waals surface area contributed by atoms with Gasteiger partial charge >= 0.3 is 0 Å². The molecule has 4 heteroatoms. The average Bonchev–Trinajstić information content (AvgIpc) is 2.51. The van der Waals surface area contributed by atoms with Crippen LogP contribution in [0.15, 0.2) is 24.3 Å². The SMILES string of the molecule is Cc1ccccc1C(NC(=O)CCC1CCNCC1)C(C)(C)C.Cl. The van der Waals surface area contributed by atoms with E-state index in [0.717, 1.165) is 19.5 Å². The van der Waals surface area contributed by atoms with Crippen LogP contribution in [0, 0.1) is 18.3 Å². The first-order chi connectivity index (χ1) is 10.9. The highest BCUT2D eigenvalue weighted by atomic mass is 35.5. The van der Waals surface area contributed by atoms with Crippen molar-refractivity contribution in [3.05, 3.63) is 35.4 Å². The Kier molecular flexibility index (Phi) is 8.24. The van der Waals surface area contributed by atoms with Gasteiger partial charge < -0.3 is 10.6 Å². The van der Waals surface area contributed by atoms with E-state index in [2.05, 4.69) is 62.6 Å². The van der Waals surface area contributed by atoms with Gasteiger partial charge in [0.25, 0.3) is 0 Å². The van der Waals surface area contributed by atoms with Crippen molar-refractivity contribution in [2.45, 2.75) is 59.4 Å². The molecule has 1 unspecified atom stereocenters. The standard InChI is InChI=1S/C20H32N2O.ClH/c1-15-7-5-6-8-17(15)19(20(2,3)4)22-18(23)10-9-16-11-13-21-14-12-16;/h5-8,16,19,21H,9-14H2,1-4H3,(H,22,23);1H. The highest BCUT2D eigenvalue weighted by molar-refractivity contribution is 5.85. The van der Waals surface area contributed by atoms with Crippen LogP contribution < -0.4 is 10.6 Å². The molecule has 1 amide bonds. The first-order valence-electron chi connectivity index (χ1n) is 8.93. The van der Waals surface area contributed by atoms with Crippen LogP contribution in [0.1, 0.15) is 63.6 Å². The molecular formula is C20H33ClN2O. The number of aryl methyl sites for hydroxylation is 1. The molecule has 2 rings (SSSR count). The molecule has 1 fully saturated rings. The average molecular weight is 353 g/mol. The lowest BCUT2D eigenvalue weighted by Crippen LogP contribution is -2.37. The lowest BCUT2D eigenvalue weighted by atomic mass is 9.80. The molecule has 0 aromatic heterocycles. The van der Waals surface area contributed by atoms with Crippen molar-refractivity contribution in [3.8, 4) is 0 Å². The third-order valence-electron chi connectivity index (χ3n) is 4.91. The van der Waals surface area contributed by atoms with E-state index >= 15 is 0 Å². The van der Waals surface area contributed by atoms with Crippen LogP contribution in [-0.4, -0.2) is 19.0 Å². The molecule has 0 aliphatic carbocycles. The third kappa shape index (κ3) is 6.10. The maximum atomic E-state index is 12.5. The van der Waals surface area contributed by atoms with Gasteiger partial charge in [-0.3, -0.25) is 4.79 Å². The zero-order valence-corrected chi connectivity index (χ0v) is 16.3. The minimum Gasteiger partial charge on any atom is -0.349 e. The quantitative estimate of drug-likeness (QED) is 0.824. The van der Waals surface area contributed by atoms with E-state index in [1.165, 1.54) is 24.0 Å². The second-order valence-corrected chi connectivity index (χ2v) is 7.96. The van der Waals surface area contributed by atoms with Crippen LogP contribution >= 0.6 is 12.4 Å². The highest BCUT2D eigenvalue weighted by Crippen LogP contribution is 2.34. The van der Waals surface area contributed by atoms with Crippen molar-refractivity contribution in [3.63, 3.8) is 0 Å². The molecule has 1 aromatic rings. The predicted octanol–water partition coefficient (Wildman–Crippen LogP) is 4.40. The van der Waals surface area contributed by atoms with Gasteiger partial charge in [0.15, 0.2) is 0 Å². The van der Waals surface area contributed by atoms with Gasteiger partial charge in [-0.15, -0.1) is 12.4 Å². The molecule has 3 nitrogen and oxygen atoms in total. The fraction of sp³-hybridized carbons (Fsp3) is 0.650. The van der Waals surface area contributed by atoms with E-state index in [4.69, 9.17) is 0 Å². The lowest BCUT2D eigenvalue weighted by Gasteiger charge is -2.33. The summed E-state index contributed by atoms with van der Waals surface area (Å²) in [6.45, 7) is 10.9. The molecular weight excluding hydrogens is 320 g/mol. The van der Waals surface area contributed by atoms with E-state index in [1.54, 1.807) is 0 Å². The minimum atomic E-state index is -0.00344. The van der Waals surface area contributed by atoms with E-state index in [1.807, 2.05) is 0 Å². The number of halogens is 1. The van der Waals surface area contributed by atoms with E-state index in [0.29, 0.717) is 12.3 Å². The number of carbonyl (C=O) groups is 1. The number of rotatable bonds is 5. The Balaban J connectivity index is 0.00000288. The van der Waals surface area contributed by atoms with Crippen LogP contribution in [0.3, 0.4) is 0 Å². The van der Waals surface area contributed by atoms with E-state index in [-0.39, 0.29) is 29.8 Å². The molecule has 24 heavy (non-hydrogen) atoms. The van der Waals surface area contributed by atoms with Gasteiger partial charge in [-0.2, -0.15) is 0 Å². The summed E-state index contributed by atoms with van der Waals surface area (Å²) in [5.41, 5.74) is 2.47. The van der Waals surface area contributed by atoms with Crippen LogP contribution in [-0.2, 0) is 4.79 Å².